The lowest BCUT2D eigenvalue weighted by Gasteiger charge is -2.17. The van der Waals surface area contributed by atoms with Crippen LogP contribution in [0, 0.1) is 0 Å². The molecule has 0 saturated carbocycles. The lowest BCUT2D eigenvalue weighted by Crippen LogP contribution is -2.20. The molecule has 0 unspecified atom stereocenters. The number of nitrogens with two attached hydrogens (primary N) is 2. The van der Waals surface area contributed by atoms with Gasteiger partial charge in [0.25, 0.3) is 0 Å². The molecule has 0 heterocycles. The molecule has 13 heavy (non-hydrogen) atoms. The van der Waals surface area contributed by atoms with Crippen LogP contribution in [0.5, 0.6) is 0 Å². The molecular formula is C11H16N2. The Bertz CT molecular complexity index is 305. The van der Waals surface area contributed by atoms with E-state index in [1.54, 1.807) is 0 Å². The van der Waals surface area contributed by atoms with E-state index >= 15 is 0 Å². The van der Waals surface area contributed by atoms with Gasteiger partial charge in [0.15, 0.2) is 0 Å². The lowest BCUT2D eigenvalue weighted by molar-refractivity contribution is 0.680. The van der Waals surface area contributed by atoms with Crippen LogP contribution in [-0.2, 0) is 12.8 Å². The third-order valence-electron chi connectivity index (χ3n) is 2.76. The third kappa shape index (κ3) is 1.74. The quantitative estimate of drug-likeness (QED) is 0.637. The molecule has 2 nitrogen and oxygen atoms in total. The molecule has 2 rings (SSSR count). The van der Waals surface area contributed by atoms with Crippen LogP contribution in [0.15, 0.2) is 18.2 Å². The van der Waals surface area contributed by atoms with Crippen LogP contribution < -0.4 is 11.5 Å². The van der Waals surface area contributed by atoms with Crippen LogP contribution in [0.2, 0.25) is 0 Å². The Hall–Kier alpha value is -0.860. The summed E-state index contributed by atoms with van der Waals surface area (Å²) in [6.45, 7) is 0. The van der Waals surface area contributed by atoms with E-state index in [2.05, 4.69) is 18.2 Å². The molecule has 0 amide bonds. The van der Waals surface area contributed by atoms with Gasteiger partial charge >= 0.3 is 0 Å². The van der Waals surface area contributed by atoms with Gasteiger partial charge in [-0.3, -0.25) is 0 Å². The number of aryl methyl sites for hydroxylation is 2. The van der Waals surface area contributed by atoms with E-state index in [-0.39, 0.29) is 6.17 Å². The molecule has 0 bridgehead atoms. The largest absolute Gasteiger partial charge is 0.312 e. The molecule has 0 atom stereocenters. The van der Waals surface area contributed by atoms with E-state index in [0.29, 0.717) is 0 Å². The molecule has 1 aliphatic carbocycles. The van der Waals surface area contributed by atoms with Gasteiger partial charge in [0.1, 0.15) is 0 Å². The minimum atomic E-state index is -0.327. The number of hydrogen-bond donors (Lipinski definition) is 2. The molecule has 1 aromatic carbocycles. The van der Waals surface area contributed by atoms with Gasteiger partial charge < -0.3 is 11.5 Å². The van der Waals surface area contributed by atoms with E-state index in [9.17, 15) is 0 Å². The van der Waals surface area contributed by atoms with Crippen molar-refractivity contribution in [2.24, 2.45) is 11.5 Å². The Morgan fingerprint density at radius 2 is 1.69 bits per heavy atom. The maximum absolute atomic E-state index is 5.62. The zero-order chi connectivity index (χ0) is 9.26. The van der Waals surface area contributed by atoms with Gasteiger partial charge in [0.05, 0.1) is 6.17 Å². The predicted molar refractivity (Wildman–Crippen MR) is 54.2 cm³/mol. The van der Waals surface area contributed by atoms with Crippen LogP contribution >= 0.6 is 0 Å². The van der Waals surface area contributed by atoms with Crippen molar-refractivity contribution in [3.63, 3.8) is 0 Å². The summed E-state index contributed by atoms with van der Waals surface area (Å²) in [6, 6.07) is 6.39. The van der Waals surface area contributed by atoms with E-state index in [0.717, 1.165) is 5.56 Å². The minimum Gasteiger partial charge on any atom is -0.312 e. The maximum Gasteiger partial charge on any atom is 0.0784 e. The second-order valence-corrected chi connectivity index (χ2v) is 3.76. The molecule has 0 aliphatic heterocycles. The van der Waals surface area contributed by atoms with Gasteiger partial charge in [-0.25, -0.2) is 0 Å². The third-order valence-corrected chi connectivity index (χ3v) is 2.76. The number of benzene rings is 1. The van der Waals surface area contributed by atoms with Crippen LogP contribution in [0.3, 0.4) is 0 Å². The monoisotopic (exact) mass is 176 g/mol. The van der Waals surface area contributed by atoms with Gasteiger partial charge in [-0.05, 0) is 42.4 Å². The van der Waals surface area contributed by atoms with Crippen LogP contribution in [0.4, 0.5) is 0 Å². The van der Waals surface area contributed by atoms with Crippen LogP contribution in [-0.4, -0.2) is 0 Å². The maximum atomic E-state index is 5.62. The van der Waals surface area contributed by atoms with Crippen molar-refractivity contribution in [3.8, 4) is 0 Å². The van der Waals surface area contributed by atoms with Crippen molar-refractivity contribution >= 4 is 0 Å². The molecule has 0 fully saturated rings. The summed E-state index contributed by atoms with van der Waals surface area (Å²) in [6.07, 6.45) is 4.70. The number of hydrogen-bond acceptors (Lipinski definition) is 2. The van der Waals surface area contributed by atoms with Crippen molar-refractivity contribution in [3.05, 3.63) is 34.9 Å². The predicted octanol–water partition coefficient (Wildman–Crippen LogP) is 1.48. The fraction of sp³-hybridized carbons (Fsp3) is 0.455. The highest BCUT2D eigenvalue weighted by Gasteiger charge is 2.10. The summed E-state index contributed by atoms with van der Waals surface area (Å²) >= 11 is 0. The zero-order valence-electron chi connectivity index (χ0n) is 7.79. The highest BCUT2D eigenvalue weighted by molar-refractivity contribution is 5.34. The molecule has 0 aromatic heterocycles. The summed E-state index contributed by atoms with van der Waals surface area (Å²) in [4.78, 5) is 0. The Labute approximate surface area is 78.9 Å². The van der Waals surface area contributed by atoms with Crippen molar-refractivity contribution in [1.29, 1.82) is 0 Å². The fourth-order valence-electron chi connectivity index (χ4n) is 1.96. The highest BCUT2D eigenvalue weighted by atomic mass is 14.8. The molecule has 70 valence electrons. The van der Waals surface area contributed by atoms with Gasteiger partial charge in [-0.2, -0.15) is 0 Å². The molecule has 0 spiro atoms. The minimum absolute atomic E-state index is 0.327. The number of rotatable bonds is 1. The first-order chi connectivity index (χ1) is 6.27. The standard InChI is InChI=1S/C11H16N2/c12-11(13)10-6-5-8-3-1-2-4-9(8)7-10/h5-7,11H,1-4,12-13H2. The van der Waals surface area contributed by atoms with E-state index in [4.69, 9.17) is 11.5 Å². The van der Waals surface area contributed by atoms with Crippen molar-refractivity contribution in [2.45, 2.75) is 31.8 Å². The first kappa shape index (κ1) is 8.73. The van der Waals surface area contributed by atoms with Crippen LogP contribution in [0.25, 0.3) is 0 Å². The topological polar surface area (TPSA) is 52.0 Å². The smallest absolute Gasteiger partial charge is 0.0784 e. The van der Waals surface area contributed by atoms with Crippen LogP contribution in [0.1, 0.15) is 35.7 Å². The Balaban J connectivity index is 2.35. The molecular weight excluding hydrogens is 160 g/mol. The van der Waals surface area contributed by atoms with E-state index < -0.39 is 0 Å². The Morgan fingerprint density at radius 3 is 2.38 bits per heavy atom. The molecule has 2 heteroatoms. The fourth-order valence-corrected chi connectivity index (χ4v) is 1.96. The summed E-state index contributed by atoms with van der Waals surface area (Å²) in [5, 5.41) is 0. The number of fused-ring (bicyclic) bond motifs is 1. The Kier molecular flexibility index (Phi) is 2.34. The average Bonchev–Trinajstić information content (AvgIpc) is 2.17. The van der Waals surface area contributed by atoms with Gasteiger partial charge in [0.2, 0.25) is 0 Å². The average molecular weight is 176 g/mol. The molecule has 0 radical (unpaired) electrons. The molecule has 1 aliphatic rings. The second kappa shape index (κ2) is 3.48. The highest BCUT2D eigenvalue weighted by Crippen LogP contribution is 2.23. The van der Waals surface area contributed by atoms with Crippen molar-refractivity contribution in [2.75, 3.05) is 0 Å². The van der Waals surface area contributed by atoms with Gasteiger partial charge in [-0.1, -0.05) is 18.2 Å². The summed E-state index contributed by atoms with van der Waals surface area (Å²) in [5.41, 5.74) is 15.2. The Morgan fingerprint density at radius 1 is 1.00 bits per heavy atom. The van der Waals surface area contributed by atoms with E-state index in [1.807, 2.05) is 0 Å². The zero-order valence-corrected chi connectivity index (χ0v) is 7.79. The summed E-state index contributed by atoms with van der Waals surface area (Å²) in [5.74, 6) is 0. The molecule has 1 aromatic rings. The lowest BCUT2D eigenvalue weighted by atomic mass is 9.90. The summed E-state index contributed by atoms with van der Waals surface area (Å²) < 4.78 is 0. The summed E-state index contributed by atoms with van der Waals surface area (Å²) in [7, 11) is 0. The van der Waals surface area contributed by atoms with Crippen molar-refractivity contribution < 1.29 is 0 Å². The molecule has 0 saturated heterocycles. The normalized spacial score (nSPS) is 15.9. The molecule has 4 N–H and O–H groups in total. The SMILES string of the molecule is NC(N)c1ccc2c(c1)CCCC2. The van der Waals surface area contributed by atoms with E-state index in [1.165, 1.54) is 36.8 Å². The van der Waals surface area contributed by atoms with Crippen molar-refractivity contribution in [1.82, 2.24) is 0 Å². The second-order valence-electron chi connectivity index (χ2n) is 3.76. The van der Waals surface area contributed by atoms with Gasteiger partial charge in [0, 0.05) is 0 Å². The first-order valence-electron chi connectivity index (χ1n) is 4.90. The van der Waals surface area contributed by atoms with Gasteiger partial charge in [-0.15, -0.1) is 0 Å². The first-order valence-corrected chi connectivity index (χ1v) is 4.90.